The number of carbonyl (C=O) groups is 3. The van der Waals surface area contributed by atoms with E-state index in [1.807, 2.05) is 0 Å². The summed E-state index contributed by atoms with van der Waals surface area (Å²) < 4.78 is 10.8. The topological polar surface area (TPSA) is 69.7 Å². The molecule has 0 aromatic heterocycles. The molecule has 4 rings (SSSR count). The van der Waals surface area contributed by atoms with E-state index in [-0.39, 0.29) is 17.9 Å². The Morgan fingerprint density at radius 3 is 2.24 bits per heavy atom. The quantitative estimate of drug-likeness (QED) is 0.462. The molecule has 25 heavy (non-hydrogen) atoms. The average molecular weight is 346 g/mol. The Morgan fingerprint density at radius 1 is 1.08 bits per heavy atom. The number of benzene rings is 1. The summed E-state index contributed by atoms with van der Waals surface area (Å²) in [5.41, 5.74) is 1.02. The summed E-state index contributed by atoms with van der Waals surface area (Å²) in [5, 5.41) is 0. The number of ether oxygens (including phenoxy) is 2. The molecule has 1 atom stereocenters. The first-order valence-corrected chi connectivity index (χ1v) is 8.66. The van der Waals surface area contributed by atoms with Crippen LogP contribution in [-0.2, 0) is 14.3 Å². The minimum absolute atomic E-state index is 0.0540. The first-order valence-electron chi connectivity index (χ1n) is 8.66. The summed E-state index contributed by atoms with van der Waals surface area (Å²) in [5.74, 6) is -0.179. The van der Waals surface area contributed by atoms with Gasteiger partial charge in [-0.15, -0.1) is 0 Å². The molecule has 0 unspecified atom stereocenters. The maximum Gasteiger partial charge on any atom is 0.337 e. The lowest BCUT2D eigenvalue weighted by Gasteiger charge is -2.51. The highest BCUT2D eigenvalue weighted by Crippen LogP contribution is 2.35. The monoisotopic (exact) mass is 346 g/mol. The molecule has 6 heteroatoms. The molecule has 2 bridgehead atoms. The highest BCUT2D eigenvalue weighted by atomic mass is 16.5. The van der Waals surface area contributed by atoms with Gasteiger partial charge in [0.25, 0.3) is 0 Å². The van der Waals surface area contributed by atoms with E-state index in [1.165, 1.54) is 14.0 Å². The van der Waals surface area contributed by atoms with Crippen molar-refractivity contribution in [2.45, 2.75) is 25.9 Å². The van der Waals surface area contributed by atoms with Crippen molar-refractivity contribution >= 4 is 17.7 Å². The van der Waals surface area contributed by atoms with E-state index in [0.717, 1.165) is 32.5 Å². The van der Waals surface area contributed by atoms with Gasteiger partial charge in [-0.3, -0.25) is 9.59 Å². The van der Waals surface area contributed by atoms with Crippen LogP contribution in [0.1, 0.15) is 40.5 Å². The summed E-state index contributed by atoms with van der Waals surface area (Å²) >= 11 is 0. The van der Waals surface area contributed by atoms with Crippen LogP contribution >= 0.6 is 0 Å². The fourth-order valence-electron chi connectivity index (χ4n) is 4.10. The normalized spacial score (nSPS) is 27.6. The number of ketones is 1. The zero-order chi connectivity index (χ0) is 18.0. The van der Waals surface area contributed by atoms with E-state index in [4.69, 9.17) is 4.74 Å². The molecule has 0 amide bonds. The van der Waals surface area contributed by atoms with Gasteiger partial charge >= 0.3 is 11.9 Å². The Morgan fingerprint density at radius 2 is 1.68 bits per heavy atom. The molecule has 3 fully saturated rings. The van der Waals surface area contributed by atoms with Crippen LogP contribution in [0, 0.1) is 5.92 Å². The van der Waals surface area contributed by atoms with Gasteiger partial charge in [-0.25, -0.2) is 4.79 Å². The fraction of sp³-hybridized carbons (Fsp3) is 0.526. The number of hydrogen-bond acceptors (Lipinski definition) is 5. The number of quaternary nitrogens is 1. The zero-order valence-electron chi connectivity index (χ0n) is 14.7. The number of carbonyl (C=O) groups excluding carboxylic acids is 3. The van der Waals surface area contributed by atoms with Crippen molar-refractivity contribution in [3.8, 4) is 0 Å². The average Bonchev–Trinajstić information content (AvgIpc) is 2.61. The molecule has 0 spiro atoms. The van der Waals surface area contributed by atoms with Crippen LogP contribution in [0.3, 0.4) is 0 Å². The molecule has 1 aromatic rings. The second-order valence-electron chi connectivity index (χ2n) is 7.11. The predicted octanol–water partition coefficient (Wildman–Crippen LogP) is 1.83. The molecular formula is C19H24NO5+. The maximum absolute atomic E-state index is 12.7. The van der Waals surface area contributed by atoms with Crippen LogP contribution in [0.4, 0.5) is 0 Å². The molecule has 0 N–H and O–H groups in total. The standard InChI is InChI=1S/C19H24NO5/c1-13(21)25-18-12-20(9-7-15(18)8-10-20)11-17(22)14-3-5-16(6-4-14)19(23)24-2/h3-6,15,18H,7-12H2,1-2H3/q+1/t15?,18-,20?/m0/s1. The van der Waals surface area contributed by atoms with Gasteiger partial charge in [0.05, 0.1) is 25.8 Å². The molecule has 3 saturated heterocycles. The first kappa shape index (κ1) is 17.6. The van der Waals surface area contributed by atoms with E-state index in [2.05, 4.69) is 4.74 Å². The molecule has 0 saturated carbocycles. The van der Waals surface area contributed by atoms with Gasteiger partial charge < -0.3 is 14.0 Å². The minimum Gasteiger partial charge on any atom is -0.465 e. The van der Waals surface area contributed by atoms with Crippen LogP contribution in [-0.4, -0.2) is 61.6 Å². The summed E-state index contributed by atoms with van der Waals surface area (Å²) in [6.45, 7) is 4.47. The van der Waals surface area contributed by atoms with Gasteiger partial charge in [0, 0.05) is 31.2 Å². The largest absolute Gasteiger partial charge is 0.465 e. The van der Waals surface area contributed by atoms with E-state index in [1.54, 1.807) is 24.3 Å². The number of piperidine rings is 3. The number of nitrogens with zero attached hydrogens (tertiary/aromatic N) is 1. The molecule has 3 aliphatic heterocycles. The second kappa shape index (κ2) is 6.96. The van der Waals surface area contributed by atoms with Crippen molar-refractivity contribution in [2.24, 2.45) is 5.92 Å². The Hall–Kier alpha value is -2.21. The van der Waals surface area contributed by atoms with Crippen LogP contribution in [0.2, 0.25) is 0 Å². The van der Waals surface area contributed by atoms with Crippen LogP contribution in [0.15, 0.2) is 24.3 Å². The highest BCUT2D eigenvalue weighted by molar-refractivity contribution is 5.98. The third kappa shape index (κ3) is 3.74. The number of methoxy groups -OCH3 is 1. The van der Waals surface area contributed by atoms with Gasteiger partial charge in [0.15, 0.2) is 6.10 Å². The van der Waals surface area contributed by atoms with Gasteiger partial charge in [0.2, 0.25) is 5.78 Å². The maximum atomic E-state index is 12.7. The fourth-order valence-corrected chi connectivity index (χ4v) is 4.10. The first-order chi connectivity index (χ1) is 11.9. The van der Waals surface area contributed by atoms with Gasteiger partial charge in [-0.1, -0.05) is 12.1 Å². The Bertz CT molecular complexity index is 674. The number of Topliss-reactive ketones (excluding diaryl/α,β-unsaturated/α-hetero) is 1. The van der Waals surface area contributed by atoms with Crippen LogP contribution in [0.5, 0.6) is 0 Å². The van der Waals surface area contributed by atoms with Crippen molar-refractivity contribution in [2.75, 3.05) is 33.3 Å². The van der Waals surface area contributed by atoms with Gasteiger partial charge in [-0.05, 0) is 12.1 Å². The summed E-state index contributed by atoms with van der Waals surface area (Å²) in [6.07, 6.45) is 1.91. The van der Waals surface area contributed by atoms with Crippen molar-refractivity contribution in [1.29, 1.82) is 0 Å². The molecule has 6 nitrogen and oxygen atoms in total. The third-order valence-corrected chi connectivity index (χ3v) is 5.47. The molecule has 1 aromatic carbocycles. The van der Waals surface area contributed by atoms with Crippen LogP contribution < -0.4 is 0 Å². The van der Waals surface area contributed by atoms with E-state index < -0.39 is 5.97 Å². The third-order valence-electron chi connectivity index (χ3n) is 5.47. The Kier molecular flexibility index (Phi) is 4.90. The highest BCUT2D eigenvalue weighted by Gasteiger charge is 2.48. The number of rotatable bonds is 5. The Labute approximate surface area is 147 Å². The SMILES string of the molecule is COC(=O)c1ccc(C(=O)C[N+]23CCC(CC2)[C@@H](OC(C)=O)C3)cc1. The lowest BCUT2D eigenvalue weighted by atomic mass is 9.83. The number of fused-ring (bicyclic) bond motifs is 3. The van der Waals surface area contributed by atoms with E-state index >= 15 is 0 Å². The molecule has 3 aliphatic rings. The minimum atomic E-state index is -0.414. The molecule has 134 valence electrons. The number of hydrogen-bond donors (Lipinski definition) is 0. The zero-order valence-corrected chi connectivity index (χ0v) is 14.7. The van der Waals surface area contributed by atoms with Crippen molar-refractivity contribution in [3.63, 3.8) is 0 Å². The van der Waals surface area contributed by atoms with E-state index in [9.17, 15) is 14.4 Å². The summed E-state index contributed by atoms with van der Waals surface area (Å²) in [4.78, 5) is 35.5. The van der Waals surface area contributed by atoms with Crippen LogP contribution in [0.25, 0.3) is 0 Å². The van der Waals surface area contributed by atoms with Gasteiger partial charge in [-0.2, -0.15) is 0 Å². The van der Waals surface area contributed by atoms with Gasteiger partial charge in [0.1, 0.15) is 13.1 Å². The van der Waals surface area contributed by atoms with Crippen molar-refractivity contribution < 1.29 is 28.3 Å². The summed E-state index contributed by atoms with van der Waals surface area (Å²) in [7, 11) is 1.33. The molecule has 0 aliphatic carbocycles. The summed E-state index contributed by atoms with van der Waals surface area (Å²) in [6, 6.07) is 6.58. The van der Waals surface area contributed by atoms with Crippen molar-refractivity contribution in [1.82, 2.24) is 0 Å². The predicted molar refractivity (Wildman–Crippen MR) is 90.1 cm³/mol. The molecular weight excluding hydrogens is 322 g/mol. The molecule has 3 heterocycles. The smallest absolute Gasteiger partial charge is 0.337 e. The van der Waals surface area contributed by atoms with E-state index in [0.29, 0.717) is 28.1 Å². The Balaban J connectivity index is 1.69. The number of esters is 2. The lowest BCUT2D eigenvalue weighted by molar-refractivity contribution is -0.938. The second-order valence-corrected chi connectivity index (χ2v) is 7.11. The van der Waals surface area contributed by atoms with Crippen molar-refractivity contribution in [3.05, 3.63) is 35.4 Å². The molecule has 0 radical (unpaired) electrons. The lowest BCUT2D eigenvalue weighted by Crippen LogP contribution is -2.65.